The Balaban J connectivity index is 3.41. The minimum atomic E-state index is -0.827. The van der Waals surface area contributed by atoms with Gasteiger partial charge in [-0.2, -0.15) is 0 Å². The molecule has 0 amide bonds. The summed E-state index contributed by atoms with van der Waals surface area (Å²) in [6, 6.07) is 0. The number of carboxylic acid groups (broad SMARTS) is 1. The van der Waals surface area contributed by atoms with Crippen LogP contribution in [0.15, 0.2) is 11.6 Å². The first-order valence-electron chi connectivity index (χ1n) is 5.96. The summed E-state index contributed by atoms with van der Waals surface area (Å²) >= 11 is 0. The molecule has 0 aliphatic heterocycles. The van der Waals surface area contributed by atoms with Crippen LogP contribution < -0.4 is 5.32 Å². The largest absolute Gasteiger partial charge is 0.478 e. The van der Waals surface area contributed by atoms with Crippen LogP contribution in [0.2, 0.25) is 0 Å². The maximum Gasteiger partial charge on any atom is 0.331 e. The molecule has 3 N–H and O–H groups in total. The molecule has 0 aromatic rings. The van der Waals surface area contributed by atoms with Crippen LogP contribution in [0.1, 0.15) is 39.0 Å². The van der Waals surface area contributed by atoms with Crippen molar-refractivity contribution in [1.29, 1.82) is 0 Å². The lowest BCUT2D eigenvalue weighted by molar-refractivity contribution is -0.132. The van der Waals surface area contributed by atoms with Crippen LogP contribution in [0.5, 0.6) is 0 Å². The van der Waals surface area contributed by atoms with Crippen molar-refractivity contribution in [3.05, 3.63) is 11.6 Å². The summed E-state index contributed by atoms with van der Waals surface area (Å²) in [5.41, 5.74) is 0.466. The van der Waals surface area contributed by atoms with E-state index in [1.807, 2.05) is 6.92 Å². The van der Waals surface area contributed by atoms with Gasteiger partial charge in [-0.05, 0) is 25.8 Å². The highest BCUT2D eigenvalue weighted by Gasteiger charge is 2.01. The highest BCUT2D eigenvalue weighted by Crippen LogP contribution is 2.00. The second kappa shape index (κ2) is 10.6. The van der Waals surface area contributed by atoms with Crippen LogP contribution in [-0.4, -0.2) is 35.9 Å². The number of hydrogen-bond donors (Lipinski definition) is 3. The Labute approximate surface area is 97.4 Å². The van der Waals surface area contributed by atoms with Gasteiger partial charge >= 0.3 is 5.97 Å². The molecule has 0 aliphatic carbocycles. The third kappa shape index (κ3) is 8.44. The van der Waals surface area contributed by atoms with Gasteiger partial charge < -0.3 is 15.5 Å². The molecule has 0 heterocycles. The van der Waals surface area contributed by atoms with Crippen LogP contribution in [0, 0.1) is 0 Å². The first kappa shape index (κ1) is 15.1. The Hall–Kier alpha value is -0.870. The maximum absolute atomic E-state index is 10.6. The average molecular weight is 229 g/mol. The molecule has 0 rings (SSSR count). The molecule has 0 bridgehead atoms. The van der Waals surface area contributed by atoms with Gasteiger partial charge in [0, 0.05) is 18.7 Å². The van der Waals surface area contributed by atoms with E-state index in [1.165, 1.54) is 0 Å². The minimum absolute atomic E-state index is 0.272. The number of aliphatic hydroxyl groups excluding tert-OH is 1. The monoisotopic (exact) mass is 229 g/mol. The van der Waals surface area contributed by atoms with Crippen LogP contribution in [0.3, 0.4) is 0 Å². The summed E-state index contributed by atoms with van der Waals surface area (Å²) in [7, 11) is 0. The van der Waals surface area contributed by atoms with E-state index in [4.69, 9.17) is 10.2 Å². The third-order valence-electron chi connectivity index (χ3n) is 2.41. The molecule has 16 heavy (non-hydrogen) atoms. The first-order valence-corrected chi connectivity index (χ1v) is 5.96. The Bertz CT molecular complexity index is 214. The molecule has 0 aromatic carbocycles. The van der Waals surface area contributed by atoms with Crippen molar-refractivity contribution in [2.24, 2.45) is 0 Å². The fraction of sp³-hybridized carbons (Fsp3) is 0.750. The fourth-order valence-electron chi connectivity index (χ4n) is 1.40. The van der Waals surface area contributed by atoms with Crippen molar-refractivity contribution in [3.8, 4) is 0 Å². The summed E-state index contributed by atoms with van der Waals surface area (Å²) < 4.78 is 0. The number of rotatable bonds is 10. The molecule has 0 atom stereocenters. The van der Waals surface area contributed by atoms with Gasteiger partial charge in [-0.25, -0.2) is 4.79 Å². The highest BCUT2D eigenvalue weighted by molar-refractivity contribution is 5.86. The Morgan fingerprint density at radius 3 is 2.50 bits per heavy atom. The van der Waals surface area contributed by atoms with Gasteiger partial charge in [0.15, 0.2) is 0 Å². The first-order chi connectivity index (χ1) is 7.72. The van der Waals surface area contributed by atoms with E-state index in [-0.39, 0.29) is 6.61 Å². The SMILES string of the molecule is CCC(=CCNCCCCCCO)C(=O)O. The second-order valence-corrected chi connectivity index (χ2v) is 3.73. The minimum Gasteiger partial charge on any atom is -0.478 e. The fourth-order valence-corrected chi connectivity index (χ4v) is 1.40. The van der Waals surface area contributed by atoms with Gasteiger partial charge in [0.05, 0.1) is 0 Å². The lowest BCUT2D eigenvalue weighted by Gasteiger charge is -2.02. The quantitative estimate of drug-likeness (QED) is 0.393. The van der Waals surface area contributed by atoms with Crippen LogP contribution in [0.4, 0.5) is 0 Å². The zero-order valence-corrected chi connectivity index (χ0v) is 10.0. The standard InChI is InChI=1S/C12H23NO3/c1-2-11(12(15)16)7-9-13-8-5-3-4-6-10-14/h7,13-14H,2-6,8-10H2,1H3,(H,15,16). The summed E-state index contributed by atoms with van der Waals surface area (Å²) in [6.45, 7) is 3.64. The molecule has 0 aliphatic rings. The zero-order chi connectivity index (χ0) is 12.2. The molecule has 0 unspecified atom stereocenters. The van der Waals surface area contributed by atoms with E-state index in [9.17, 15) is 4.79 Å². The summed E-state index contributed by atoms with van der Waals surface area (Å²) in [4.78, 5) is 10.6. The number of nitrogens with one attached hydrogen (secondary N) is 1. The molecular weight excluding hydrogens is 206 g/mol. The van der Waals surface area contributed by atoms with E-state index in [2.05, 4.69) is 5.32 Å². The lowest BCUT2D eigenvalue weighted by atomic mass is 10.2. The van der Waals surface area contributed by atoms with Crippen LogP contribution >= 0.6 is 0 Å². The van der Waals surface area contributed by atoms with Gasteiger partial charge in [0.1, 0.15) is 0 Å². The van der Waals surface area contributed by atoms with Gasteiger partial charge in [-0.15, -0.1) is 0 Å². The highest BCUT2D eigenvalue weighted by atomic mass is 16.4. The molecule has 0 aromatic heterocycles. The zero-order valence-electron chi connectivity index (χ0n) is 10.0. The Morgan fingerprint density at radius 1 is 1.25 bits per heavy atom. The van der Waals surface area contributed by atoms with Gasteiger partial charge in [0.2, 0.25) is 0 Å². The maximum atomic E-state index is 10.6. The number of carbonyl (C=O) groups is 1. The predicted octanol–water partition coefficient (Wildman–Crippen LogP) is 1.55. The van der Waals surface area contributed by atoms with Crippen molar-refractivity contribution in [2.75, 3.05) is 19.7 Å². The molecular formula is C12H23NO3. The number of carboxylic acids is 1. The Morgan fingerprint density at radius 2 is 1.94 bits per heavy atom. The predicted molar refractivity (Wildman–Crippen MR) is 64.4 cm³/mol. The third-order valence-corrected chi connectivity index (χ3v) is 2.41. The number of aliphatic carboxylic acids is 1. The van der Waals surface area contributed by atoms with Crippen molar-refractivity contribution < 1.29 is 15.0 Å². The second-order valence-electron chi connectivity index (χ2n) is 3.73. The molecule has 0 radical (unpaired) electrons. The van der Waals surface area contributed by atoms with Crippen molar-refractivity contribution >= 4 is 5.97 Å². The van der Waals surface area contributed by atoms with E-state index >= 15 is 0 Å². The van der Waals surface area contributed by atoms with E-state index in [0.717, 1.165) is 32.2 Å². The Kier molecular flexibility index (Phi) is 10.1. The number of hydrogen-bond acceptors (Lipinski definition) is 3. The van der Waals surface area contributed by atoms with Gasteiger partial charge in [0.25, 0.3) is 0 Å². The van der Waals surface area contributed by atoms with E-state index in [0.29, 0.717) is 18.5 Å². The smallest absolute Gasteiger partial charge is 0.331 e. The summed E-state index contributed by atoms with van der Waals surface area (Å²) in [6.07, 6.45) is 6.41. The van der Waals surface area contributed by atoms with E-state index in [1.54, 1.807) is 6.08 Å². The van der Waals surface area contributed by atoms with Crippen LogP contribution in [0.25, 0.3) is 0 Å². The van der Waals surface area contributed by atoms with E-state index < -0.39 is 5.97 Å². The van der Waals surface area contributed by atoms with Gasteiger partial charge in [-0.1, -0.05) is 25.8 Å². The number of unbranched alkanes of at least 4 members (excludes halogenated alkanes) is 3. The van der Waals surface area contributed by atoms with Crippen LogP contribution in [-0.2, 0) is 4.79 Å². The molecule has 4 nitrogen and oxygen atoms in total. The van der Waals surface area contributed by atoms with Crippen molar-refractivity contribution in [1.82, 2.24) is 5.32 Å². The van der Waals surface area contributed by atoms with Crippen molar-refractivity contribution in [3.63, 3.8) is 0 Å². The molecule has 4 heteroatoms. The molecule has 94 valence electrons. The normalized spacial score (nSPS) is 11.8. The molecule has 0 saturated carbocycles. The summed E-state index contributed by atoms with van der Waals surface area (Å²) in [5.74, 6) is -0.827. The van der Waals surface area contributed by atoms with Crippen molar-refractivity contribution in [2.45, 2.75) is 39.0 Å². The average Bonchev–Trinajstić information content (AvgIpc) is 2.26. The molecule has 0 saturated heterocycles. The number of aliphatic hydroxyl groups is 1. The molecule has 0 fully saturated rings. The topological polar surface area (TPSA) is 69.6 Å². The molecule has 0 spiro atoms. The lowest BCUT2D eigenvalue weighted by Crippen LogP contribution is -2.16. The van der Waals surface area contributed by atoms with Gasteiger partial charge in [-0.3, -0.25) is 0 Å². The summed E-state index contributed by atoms with van der Waals surface area (Å²) in [5, 5.41) is 20.5.